The summed E-state index contributed by atoms with van der Waals surface area (Å²) in [5, 5.41) is 4.33. The number of rotatable bonds is 8. The van der Waals surface area contributed by atoms with Gasteiger partial charge in [-0.3, -0.25) is 14.2 Å². The standard InChI is InChI=1S/C21H29N3O3S/c1-15-8-10-16(11-9-15)22-19(25)14-28-21-23-18-7-4-3-6-17(18)20(26)24(21)12-5-13-27-2/h3-4,6-7,15-16H,5,8-14H2,1-2H3,(H,22,25). The van der Waals surface area contributed by atoms with Gasteiger partial charge in [0.15, 0.2) is 5.16 Å². The molecule has 3 rings (SSSR count). The van der Waals surface area contributed by atoms with Crippen LogP contribution in [0.3, 0.4) is 0 Å². The number of benzene rings is 1. The maximum Gasteiger partial charge on any atom is 0.262 e. The van der Waals surface area contributed by atoms with Gasteiger partial charge in [-0.1, -0.05) is 30.8 Å². The van der Waals surface area contributed by atoms with Gasteiger partial charge in [-0.15, -0.1) is 0 Å². The Bertz CT molecular complexity index is 860. The molecule has 0 spiro atoms. The number of nitrogens with zero attached hydrogens (tertiary/aromatic N) is 2. The lowest BCUT2D eigenvalue weighted by atomic mass is 9.87. The van der Waals surface area contributed by atoms with Crippen molar-refractivity contribution in [3.05, 3.63) is 34.6 Å². The third kappa shape index (κ3) is 5.35. The molecule has 1 heterocycles. The number of carbonyl (C=O) groups excluding carboxylic acids is 1. The molecule has 1 N–H and O–H groups in total. The zero-order chi connectivity index (χ0) is 19.9. The molecule has 1 amide bonds. The van der Waals surface area contributed by atoms with Gasteiger partial charge in [-0.25, -0.2) is 4.98 Å². The van der Waals surface area contributed by atoms with E-state index in [4.69, 9.17) is 4.74 Å². The van der Waals surface area contributed by atoms with Gasteiger partial charge in [0.05, 0.1) is 16.7 Å². The molecule has 0 radical (unpaired) electrons. The Morgan fingerprint density at radius 1 is 1.29 bits per heavy atom. The second kappa shape index (κ2) is 10.1. The number of thioether (sulfide) groups is 1. The van der Waals surface area contributed by atoms with Crippen molar-refractivity contribution < 1.29 is 9.53 Å². The van der Waals surface area contributed by atoms with Crippen molar-refractivity contribution in [1.82, 2.24) is 14.9 Å². The fourth-order valence-electron chi connectivity index (χ4n) is 3.63. The van der Waals surface area contributed by atoms with Crippen LogP contribution in [0.5, 0.6) is 0 Å². The summed E-state index contributed by atoms with van der Waals surface area (Å²) >= 11 is 1.33. The van der Waals surface area contributed by atoms with E-state index in [0.29, 0.717) is 29.2 Å². The molecule has 0 atom stereocenters. The van der Waals surface area contributed by atoms with Gasteiger partial charge in [0.25, 0.3) is 5.56 Å². The Balaban J connectivity index is 1.70. The summed E-state index contributed by atoms with van der Waals surface area (Å²) in [5.74, 6) is 1.03. The second-order valence-corrected chi connectivity index (χ2v) is 8.47. The summed E-state index contributed by atoms with van der Waals surface area (Å²) in [6, 6.07) is 7.62. The number of nitrogens with one attached hydrogen (secondary N) is 1. The minimum Gasteiger partial charge on any atom is -0.385 e. The molecule has 2 aromatic rings. The van der Waals surface area contributed by atoms with Crippen molar-refractivity contribution in [2.75, 3.05) is 19.5 Å². The number of methoxy groups -OCH3 is 1. The largest absolute Gasteiger partial charge is 0.385 e. The normalized spacial score (nSPS) is 19.6. The number of fused-ring (bicyclic) bond motifs is 1. The van der Waals surface area contributed by atoms with Crippen molar-refractivity contribution in [2.24, 2.45) is 5.92 Å². The molecule has 1 aliphatic carbocycles. The van der Waals surface area contributed by atoms with Crippen LogP contribution in [-0.4, -0.2) is 41.0 Å². The molecule has 0 bridgehead atoms. The number of aromatic nitrogens is 2. The van der Waals surface area contributed by atoms with E-state index in [2.05, 4.69) is 17.2 Å². The van der Waals surface area contributed by atoms with Gasteiger partial charge < -0.3 is 10.1 Å². The Labute approximate surface area is 170 Å². The van der Waals surface area contributed by atoms with Crippen LogP contribution in [-0.2, 0) is 16.1 Å². The summed E-state index contributed by atoms with van der Waals surface area (Å²) in [6.07, 6.45) is 5.16. The first kappa shape index (κ1) is 20.9. The van der Waals surface area contributed by atoms with Gasteiger partial charge in [-0.2, -0.15) is 0 Å². The van der Waals surface area contributed by atoms with E-state index in [1.807, 2.05) is 18.2 Å². The van der Waals surface area contributed by atoms with Crippen molar-refractivity contribution in [2.45, 2.75) is 56.8 Å². The van der Waals surface area contributed by atoms with E-state index >= 15 is 0 Å². The van der Waals surface area contributed by atoms with Crippen LogP contribution in [0, 0.1) is 5.92 Å². The molecule has 6 nitrogen and oxygen atoms in total. The topological polar surface area (TPSA) is 73.2 Å². The summed E-state index contributed by atoms with van der Waals surface area (Å²) < 4.78 is 6.78. The first-order chi connectivity index (χ1) is 13.6. The van der Waals surface area contributed by atoms with E-state index in [1.165, 1.54) is 24.6 Å². The molecule has 1 aromatic heterocycles. The zero-order valence-electron chi connectivity index (χ0n) is 16.6. The summed E-state index contributed by atoms with van der Waals surface area (Å²) in [7, 11) is 1.65. The third-order valence-corrected chi connectivity index (χ3v) is 6.25. The maximum absolute atomic E-state index is 12.9. The molecule has 0 aliphatic heterocycles. The van der Waals surface area contributed by atoms with E-state index in [1.54, 1.807) is 17.7 Å². The van der Waals surface area contributed by atoms with Crippen molar-refractivity contribution >= 4 is 28.6 Å². The lowest BCUT2D eigenvalue weighted by Crippen LogP contribution is -2.38. The summed E-state index contributed by atoms with van der Waals surface area (Å²) in [6.45, 7) is 3.36. The average molecular weight is 404 g/mol. The minimum absolute atomic E-state index is 0.00963. The predicted octanol–water partition coefficient (Wildman–Crippen LogP) is 3.22. The van der Waals surface area contributed by atoms with Crippen LogP contribution in [0.25, 0.3) is 10.9 Å². The molecule has 1 saturated carbocycles. The first-order valence-corrected chi connectivity index (χ1v) is 11.0. The Morgan fingerprint density at radius 3 is 2.79 bits per heavy atom. The first-order valence-electron chi connectivity index (χ1n) is 9.99. The zero-order valence-corrected chi connectivity index (χ0v) is 17.5. The fraction of sp³-hybridized carbons (Fsp3) is 0.571. The van der Waals surface area contributed by atoms with Gasteiger partial charge in [0.2, 0.25) is 5.91 Å². The monoisotopic (exact) mass is 403 g/mol. The predicted molar refractivity (Wildman–Crippen MR) is 113 cm³/mol. The molecule has 0 unspecified atom stereocenters. The fourth-order valence-corrected chi connectivity index (χ4v) is 4.46. The van der Waals surface area contributed by atoms with Gasteiger partial charge in [0.1, 0.15) is 0 Å². The van der Waals surface area contributed by atoms with Gasteiger partial charge in [0, 0.05) is 26.3 Å². The Morgan fingerprint density at radius 2 is 2.04 bits per heavy atom. The van der Waals surface area contributed by atoms with Gasteiger partial charge in [-0.05, 0) is 50.2 Å². The quantitative estimate of drug-likeness (QED) is 0.416. The van der Waals surface area contributed by atoms with E-state index < -0.39 is 0 Å². The van der Waals surface area contributed by atoms with Crippen molar-refractivity contribution in [3.63, 3.8) is 0 Å². The van der Waals surface area contributed by atoms with E-state index in [0.717, 1.165) is 25.2 Å². The highest BCUT2D eigenvalue weighted by Gasteiger charge is 2.20. The average Bonchev–Trinajstić information content (AvgIpc) is 2.70. The van der Waals surface area contributed by atoms with Crippen LogP contribution in [0.15, 0.2) is 34.2 Å². The maximum atomic E-state index is 12.9. The molecule has 7 heteroatoms. The number of hydrogen-bond donors (Lipinski definition) is 1. The number of para-hydroxylation sites is 1. The highest BCUT2D eigenvalue weighted by atomic mass is 32.2. The Hall–Kier alpha value is -1.86. The van der Waals surface area contributed by atoms with Crippen LogP contribution < -0.4 is 10.9 Å². The van der Waals surface area contributed by atoms with Crippen molar-refractivity contribution in [1.29, 1.82) is 0 Å². The summed E-state index contributed by atoms with van der Waals surface area (Å²) in [5.41, 5.74) is 0.602. The summed E-state index contributed by atoms with van der Waals surface area (Å²) in [4.78, 5) is 30.0. The molecular weight excluding hydrogens is 374 g/mol. The number of carbonyl (C=O) groups is 1. The molecule has 1 aromatic carbocycles. The second-order valence-electron chi connectivity index (χ2n) is 7.53. The molecule has 1 aliphatic rings. The third-order valence-electron chi connectivity index (χ3n) is 5.27. The van der Waals surface area contributed by atoms with E-state index in [9.17, 15) is 9.59 Å². The molecule has 0 saturated heterocycles. The molecular formula is C21H29N3O3S. The number of hydrogen-bond acceptors (Lipinski definition) is 5. The Kier molecular flexibility index (Phi) is 7.50. The molecule has 1 fully saturated rings. The number of ether oxygens (including phenoxy) is 1. The van der Waals surface area contributed by atoms with Gasteiger partial charge >= 0.3 is 0 Å². The van der Waals surface area contributed by atoms with Crippen LogP contribution >= 0.6 is 11.8 Å². The lowest BCUT2D eigenvalue weighted by molar-refractivity contribution is -0.119. The van der Waals surface area contributed by atoms with Crippen LogP contribution in [0.2, 0.25) is 0 Å². The molecule has 28 heavy (non-hydrogen) atoms. The highest BCUT2D eigenvalue weighted by molar-refractivity contribution is 7.99. The van der Waals surface area contributed by atoms with Crippen LogP contribution in [0.4, 0.5) is 0 Å². The lowest BCUT2D eigenvalue weighted by Gasteiger charge is -2.26. The SMILES string of the molecule is COCCCn1c(SCC(=O)NC2CCC(C)CC2)nc2ccccc2c1=O. The highest BCUT2D eigenvalue weighted by Crippen LogP contribution is 2.24. The molecule has 152 valence electrons. The minimum atomic E-state index is -0.0640. The number of amides is 1. The smallest absolute Gasteiger partial charge is 0.262 e. The van der Waals surface area contributed by atoms with Crippen LogP contribution in [0.1, 0.15) is 39.0 Å². The van der Waals surface area contributed by atoms with E-state index in [-0.39, 0.29) is 23.3 Å². The van der Waals surface area contributed by atoms with Crippen molar-refractivity contribution in [3.8, 4) is 0 Å².